The lowest BCUT2D eigenvalue weighted by Gasteiger charge is -2.47. The SMILES string of the molecule is CC1(C)C[NH2+]C(C)(C)[C@H]2c3ccccc3N[C@H]21. The summed E-state index contributed by atoms with van der Waals surface area (Å²) in [6, 6.07) is 9.39. The molecule has 1 aromatic carbocycles. The first kappa shape index (κ1) is 11.1. The van der Waals surface area contributed by atoms with Crippen LogP contribution in [0.2, 0.25) is 0 Å². The highest BCUT2D eigenvalue weighted by atomic mass is 15.1. The fourth-order valence-electron chi connectivity index (χ4n) is 3.59. The molecule has 17 heavy (non-hydrogen) atoms. The number of nitrogens with one attached hydrogen (secondary N) is 1. The molecule has 2 heteroatoms. The average Bonchev–Trinajstić information content (AvgIpc) is 2.66. The summed E-state index contributed by atoms with van der Waals surface area (Å²) in [6.45, 7) is 10.7. The van der Waals surface area contributed by atoms with E-state index in [4.69, 9.17) is 0 Å². The largest absolute Gasteiger partial charge is 0.380 e. The van der Waals surface area contributed by atoms with Gasteiger partial charge in [0.1, 0.15) is 0 Å². The fraction of sp³-hybridized carbons (Fsp3) is 0.600. The van der Waals surface area contributed by atoms with Crippen LogP contribution in [0.5, 0.6) is 0 Å². The summed E-state index contributed by atoms with van der Waals surface area (Å²) < 4.78 is 0. The van der Waals surface area contributed by atoms with E-state index in [9.17, 15) is 0 Å². The van der Waals surface area contributed by atoms with E-state index >= 15 is 0 Å². The summed E-state index contributed by atoms with van der Waals surface area (Å²) in [7, 11) is 0. The molecule has 0 saturated carbocycles. The van der Waals surface area contributed by atoms with E-state index < -0.39 is 0 Å². The van der Waals surface area contributed by atoms with Crippen molar-refractivity contribution < 1.29 is 5.32 Å². The molecule has 0 aliphatic carbocycles. The number of rotatable bonds is 0. The van der Waals surface area contributed by atoms with Crippen LogP contribution in [0, 0.1) is 5.41 Å². The Labute approximate surface area is 104 Å². The second-order valence-electron chi connectivity index (χ2n) is 6.91. The molecule has 2 atom stereocenters. The molecule has 0 spiro atoms. The highest BCUT2D eigenvalue weighted by Gasteiger charge is 2.54. The molecule has 2 heterocycles. The van der Waals surface area contributed by atoms with Gasteiger partial charge < -0.3 is 10.6 Å². The Morgan fingerprint density at radius 3 is 2.65 bits per heavy atom. The summed E-state index contributed by atoms with van der Waals surface area (Å²) in [4.78, 5) is 0. The van der Waals surface area contributed by atoms with Gasteiger partial charge in [-0.25, -0.2) is 0 Å². The number of para-hydroxylation sites is 1. The van der Waals surface area contributed by atoms with Crippen molar-refractivity contribution in [3.8, 4) is 0 Å². The second-order valence-corrected chi connectivity index (χ2v) is 6.91. The average molecular weight is 231 g/mol. The smallest absolute Gasteiger partial charge is 0.0994 e. The number of hydrogen-bond acceptors (Lipinski definition) is 1. The number of fused-ring (bicyclic) bond motifs is 3. The molecule has 0 aromatic heterocycles. The van der Waals surface area contributed by atoms with E-state index in [1.54, 1.807) is 0 Å². The Hall–Kier alpha value is -1.02. The molecule has 3 N–H and O–H groups in total. The van der Waals surface area contributed by atoms with Crippen LogP contribution in [0.4, 0.5) is 5.69 Å². The standard InChI is InChI=1S/C15H22N2/c1-14(2)9-16-15(3,4)12-10-7-5-6-8-11(10)17-13(12)14/h5-8,12-13,16-17H,9H2,1-4H3/p+1/t12-,13+/m0/s1. The van der Waals surface area contributed by atoms with Crippen LogP contribution in [0.1, 0.15) is 39.2 Å². The molecule has 2 nitrogen and oxygen atoms in total. The van der Waals surface area contributed by atoms with Gasteiger partial charge in [-0.05, 0) is 25.5 Å². The molecule has 1 fully saturated rings. The maximum absolute atomic E-state index is 3.76. The Morgan fingerprint density at radius 1 is 1.18 bits per heavy atom. The first-order valence-electron chi connectivity index (χ1n) is 6.62. The van der Waals surface area contributed by atoms with E-state index in [-0.39, 0.29) is 0 Å². The van der Waals surface area contributed by atoms with Crippen molar-refractivity contribution in [2.24, 2.45) is 5.41 Å². The van der Waals surface area contributed by atoms with Gasteiger partial charge in [-0.15, -0.1) is 0 Å². The van der Waals surface area contributed by atoms with E-state index in [0.717, 1.165) is 0 Å². The predicted molar refractivity (Wildman–Crippen MR) is 71.2 cm³/mol. The number of quaternary nitrogens is 1. The zero-order chi connectivity index (χ0) is 12.3. The number of hydrogen-bond donors (Lipinski definition) is 2. The fourth-order valence-corrected chi connectivity index (χ4v) is 3.59. The number of nitrogens with two attached hydrogens (primary N) is 1. The van der Waals surface area contributed by atoms with E-state index in [1.165, 1.54) is 17.8 Å². The van der Waals surface area contributed by atoms with E-state index in [1.807, 2.05) is 0 Å². The molecule has 2 aliphatic heterocycles. The third-order valence-electron chi connectivity index (χ3n) is 4.74. The zero-order valence-corrected chi connectivity index (χ0v) is 11.2. The molecule has 1 saturated heterocycles. The van der Waals surface area contributed by atoms with Crippen LogP contribution in [0.15, 0.2) is 24.3 Å². The summed E-state index contributed by atoms with van der Waals surface area (Å²) in [5.41, 5.74) is 3.49. The van der Waals surface area contributed by atoms with Gasteiger partial charge in [0.15, 0.2) is 0 Å². The molecular formula is C15H23N2+. The Balaban J connectivity index is 2.11. The van der Waals surface area contributed by atoms with Crippen LogP contribution in [0.3, 0.4) is 0 Å². The molecule has 2 aliphatic rings. The highest BCUT2D eigenvalue weighted by Crippen LogP contribution is 2.48. The summed E-state index contributed by atoms with van der Waals surface area (Å²) in [6.07, 6.45) is 0. The Kier molecular flexibility index (Phi) is 2.13. The third-order valence-corrected chi connectivity index (χ3v) is 4.74. The van der Waals surface area contributed by atoms with Gasteiger partial charge in [0.25, 0.3) is 0 Å². The van der Waals surface area contributed by atoms with Crippen molar-refractivity contribution in [2.45, 2.75) is 45.2 Å². The number of piperidine rings is 1. The highest BCUT2D eigenvalue weighted by molar-refractivity contribution is 5.61. The molecule has 0 radical (unpaired) electrons. The van der Waals surface area contributed by atoms with Crippen LogP contribution in [-0.4, -0.2) is 18.1 Å². The lowest BCUT2D eigenvalue weighted by Crippen LogP contribution is -3.01. The molecule has 1 aromatic rings. The maximum atomic E-state index is 3.76. The van der Waals surface area contributed by atoms with Crippen molar-refractivity contribution >= 4 is 5.69 Å². The van der Waals surface area contributed by atoms with Gasteiger partial charge in [-0.2, -0.15) is 0 Å². The van der Waals surface area contributed by atoms with Crippen molar-refractivity contribution in [1.82, 2.24) is 0 Å². The van der Waals surface area contributed by atoms with Gasteiger partial charge in [0, 0.05) is 17.1 Å². The van der Waals surface area contributed by atoms with Crippen molar-refractivity contribution in [3.63, 3.8) is 0 Å². The van der Waals surface area contributed by atoms with Gasteiger partial charge in [0.05, 0.1) is 18.0 Å². The van der Waals surface area contributed by atoms with Gasteiger partial charge in [-0.1, -0.05) is 32.0 Å². The molecule has 92 valence electrons. The Bertz CT molecular complexity index is 448. The van der Waals surface area contributed by atoms with Crippen LogP contribution in [0.25, 0.3) is 0 Å². The maximum Gasteiger partial charge on any atom is 0.0994 e. The first-order valence-corrected chi connectivity index (χ1v) is 6.62. The van der Waals surface area contributed by atoms with Gasteiger partial charge in [0.2, 0.25) is 0 Å². The van der Waals surface area contributed by atoms with Crippen LogP contribution >= 0.6 is 0 Å². The minimum atomic E-state index is 0.291. The lowest BCUT2D eigenvalue weighted by atomic mass is 9.66. The minimum Gasteiger partial charge on any atom is -0.380 e. The second kappa shape index (κ2) is 3.26. The summed E-state index contributed by atoms with van der Waals surface area (Å²) >= 11 is 0. The molecule has 3 rings (SSSR count). The Morgan fingerprint density at radius 2 is 1.88 bits per heavy atom. The third kappa shape index (κ3) is 1.50. The molecule has 0 unspecified atom stereocenters. The van der Waals surface area contributed by atoms with E-state index in [0.29, 0.717) is 22.9 Å². The monoisotopic (exact) mass is 231 g/mol. The normalized spacial score (nSPS) is 32.5. The minimum absolute atomic E-state index is 0.291. The number of benzene rings is 1. The van der Waals surface area contributed by atoms with Crippen LogP contribution in [-0.2, 0) is 0 Å². The topological polar surface area (TPSA) is 28.6 Å². The molecular weight excluding hydrogens is 208 g/mol. The first-order chi connectivity index (χ1) is 7.92. The van der Waals surface area contributed by atoms with Gasteiger partial charge in [-0.3, -0.25) is 0 Å². The predicted octanol–water partition coefficient (Wildman–Crippen LogP) is 1.95. The molecule has 0 bridgehead atoms. The van der Waals surface area contributed by atoms with Crippen molar-refractivity contribution in [3.05, 3.63) is 29.8 Å². The lowest BCUT2D eigenvalue weighted by molar-refractivity contribution is -0.743. The summed E-state index contributed by atoms with van der Waals surface area (Å²) in [5.74, 6) is 0.613. The zero-order valence-electron chi connectivity index (χ0n) is 11.2. The van der Waals surface area contributed by atoms with Crippen molar-refractivity contribution in [1.29, 1.82) is 0 Å². The van der Waals surface area contributed by atoms with Crippen LogP contribution < -0.4 is 10.6 Å². The van der Waals surface area contributed by atoms with E-state index in [2.05, 4.69) is 62.6 Å². The van der Waals surface area contributed by atoms with Gasteiger partial charge >= 0.3 is 0 Å². The quantitative estimate of drug-likeness (QED) is 0.702. The van der Waals surface area contributed by atoms with Crippen molar-refractivity contribution in [2.75, 3.05) is 11.9 Å². The summed E-state index contributed by atoms with van der Waals surface area (Å²) in [5, 5.41) is 6.29. The molecule has 0 amide bonds. The number of anilines is 1.